The van der Waals surface area contributed by atoms with Crippen molar-refractivity contribution in [2.75, 3.05) is 41.9 Å². The summed E-state index contributed by atoms with van der Waals surface area (Å²) < 4.78 is 28.2. The first-order chi connectivity index (χ1) is 16.3. The average Bonchev–Trinajstić information content (AvgIpc) is 2.85. The van der Waals surface area contributed by atoms with Crippen LogP contribution in [0.1, 0.15) is 5.56 Å². The van der Waals surface area contributed by atoms with Gasteiger partial charge in [0.2, 0.25) is 5.91 Å². The van der Waals surface area contributed by atoms with E-state index in [1.165, 1.54) is 24.3 Å². The first-order valence-electron chi connectivity index (χ1n) is 10.9. The van der Waals surface area contributed by atoms with E-state index in [1.807, 2.05) is 37.3 Å². The van der Waals surface area contributed by atoms with Crippen LogP contribution >= 0.6 is 23.2 Å². The predicted molar refractivity (Wildman–Crippen MR) is 137 cm³/mol. The third-order valence-corrected chi connectivity index (χ3v) is 8.36. The summed E-state index contributed by atoms with van der Waals surface area (Å²) in [6, 6.07) is 21.1. The van der Waals surface area contributed by atoms with E-state index in [2.05, 4.69) is 4.90 Å². The number of piperazine rings is 1. The molecule has 0 spiro atoms. The third kappa shape index (κ3) is 5.32. The van der Waals surface area contributed by atoms with Crippen LogP contribution in [0.4, 0.5) is 11.4 Å². The summed E-state index contributed by atoms with van der Waals surface area (Å²) in [5.41, 5.74) is 2.33. The normalized spacial score (nSPS) is 14.2. The van der Waals surface area contributed by atoms with Crippen molar-refractivity contribution in [3.63, 3.8) is 0 Å². The molecule has 0 radical (unpaired) electrons. The summed E-state index contributed by atoms with van der Waals surface area (Å²) in [5, 5.41) is 0.522. The quantitative estimate of drug-likeness (QED) is 0.469. The van der Waals surface area contributed by atoms with Gasteiger partial charge >= 0.3 is 0 Å². The number of nitrogens with zero attached hydrogens (tertiary/aromatic N) is 3. The lowest BCUT2D eigenvalue weighted by molar-refractivity contribution is -0.129. The summed E-state index contributed by atoms with van der Waals surface area (Å²) in [4.78, 5) is 17.3. The van der Waals surface area contributed by atoms with Crippen molar-refractivity contribution in [1.29, 1.82) is 0 Å². The predicted octanol–water partition coefficient (Wildman–Crippen LogP) is 4.85. The van der Waals surface area contributed by atoms with Gasteiger partial charge in [0.15, 0.2) is 0 Å². The molecule has 1 aliphatic heterocycles. The number of hydrogen-bond donors (Lipinski definition) is 0. The highest BCUT2D eigenvalue weighted by atomic mass is 35.5. The van der Waals surface area contributed by atoms with Crippen LogP contribution in [0.2, 0.25) is 10.0 Å². The highest BCUT2D eigenvalue weighted by molar-refractivity contribution is 7.92. The molecule has 0 aromatic heterocycles. The SMILES string of the molecule is Cc1ccc(S(=O)(=O)N(CC(=O)N2CCN(c3ccccc3)CC2)c2ccc(Cl)c(Cl)c2)cc1. The molecule has 3 aromatic rings. The Morgan fingerprint density at radius 1 is 0.882 bits per heavy atom. The molecule has 0 N–H and O–H groups in total. The summed E-state index contributed by atoms with van der Waals surface area (Å²) >= 11 is 12.2. The maximum Gasteiger partial charge on any atom is 0.264 e. The molecule has 0 atom stereocenters. The Morgan fingerprint density at radius 2 is 1.53 bits per heavy atom. The molecule has 0 aliphatic carbocycles. The number of hydrogen-bond acceptors (Lipinski definition) is 4. The van der Waals surface area contributed by atoms with Crippen LogP contribution in [-0.4, -0.2) is 51.9 Å². The Morgan fingerprint density at radius 3 is 2.15 bits per heavy atom. The lowest BCUT2D eigenvalue weighted by atomic mass is 10.2. The van der Waals surface area contributed by atoms with Gasteiger partial charge in [0.1, 0.15) is 6.54 Å². The second kappa shape index (κ2) is 10.3. The maximum absolute atomic E-state index is 13.6. The Bertz CT molecular complexity index is 1260. The molecular weight excluding hydrogens is 493 g/mol. The van der Waals surface area contributed by atoms with E-state index in [4.69, 9.17) is 23.2 Å². The molecule has 6 nitrogen and oxygen atoms in total. The highest BCUT2D eigenvalue weighted by Gasteiger charge is 2.30. The number of halogens is 2. The van der Waals surface area contributed by atoms with Gasteiger partial charge in [-0.05, 0) is 49.4 Å². The number of amides is 1. The van der Waals surface area contributed by atoms with Crippen molar-refractivity contribution in [3.05, 3.63) is 88.4 Å². The molecular formula is C25H25Cl2N3O3S. The maximum atomic E-state index is 13.6. The fourth-order valence-corrected chi connectivity index (χ4v) is 5.57. The number of benzene rings is 3. The standard InChI is InChI=1S/C25H25Cl2N3O3S/c1-19-7-10-22(11-8-19)34(32,33)30(21-9-12-23(26)24(27)17-21)18-25(31)29-15-13-28(14-16-29)20-5-3-2-4-6-20/h2-12,17H,13-16,18H2,1H3. The van der Waals surface area contributed by atoms with Gasteiger partial charge in [-0.2, -0.15) is 0 Å². The van der Waals surface area contributed by atoms with Gasteiger partial charge in [0.05, 0.1) is 20.6 Å². The van der Waals surface area contributed by atoms with Gasteiger partial charge in [0, 0.05) is 31.9 Å². The van der Waals surface area contributed by atoms with Crippen molar-refractivity contribution in [2.45, 2.75) is 11.8 Å². The largest absolute Gasteiger partial charge is 0.368 e. The van der Waals surface area contributed by atoms with Gasteiger partial charge in [-0.1, -0.05) is 59.1 Å². The van der Waals surface area contributed by atoms with E-state index in [1.54, 1.807) is 23.1 Å². The Balaban J connectivity index is 1.56. The molecule has 1 aliphatic rings. The molecule has 3 aromatic carbocycles. The summed E-state index contributed by atoms with van der Waals surface area (Å²) in [6.45, 7) is 3.91. The Kier molecular flexibility index (Phi) is 7.36. The van der Waals surface area contributed by atoms with E-state index in [0.717, 1.165) is 15.6 Å². The number of carbonyl (C=O) groups excluding carboxylic acids is 1. The van der Waals surface area contributed by atoms with E-state index < -0.39 is 10.0 Å². The monoisotopic (exact) mass is 517 g/mol. The fourth-order valence-electron chi connectivity index (χ4n) is 3.87. The van der Waals surface area contributed by atoms with Crippen molar-refractivity contribution in [2.24, 2.45) is 0 Å². The first kappa shape index (κ1) is 24.4. The van der Waals surface area contributed by atoms with Crippen LogP contribution in [0.3, 0.4) is 0 Å². The smallest absolute Gasteiger partial charge is 0.264 e. The number of rotatable bonds is 6. The van der Waals surface area contributed by atoms with E-state index in [9.17, 15) is 13.2 Å². The second-order valence-electron chi connectivity index (χ2n) is 8.13. The van der Waals surface area contributed by atoms with Crippen molar-refractivity contribution in [1.82, 2.24) is 4.90 Å². The first-order valence-corrected chi connectivity index (χ1v) is 13.1. The van der Waals surface area contributed by atoms with Gasteiger partial charge in [0.25, 0.3) is 10.0 Å². The molecule has 1 fully saturated rings. The number of para-hydroxylation sites is 1. The van der Waals surface area contributed by atoms with Gasteiger partial charge in [-0.3, -0.25) is 9.10 Å². The number of anilines is 2. The minimum Gasteiger partial charge on any atom is -0.368 e. The Labute approximate surface area is 210 Å². The average molecular weight is 518 g/mol. The van der Waals surface area contributed by atoms with Gasteiger partial charge in [-0.15, -0.1) is 0 Å². The minimum absolute atomic E-state index is 0.103. The molecule has 9 heteroatoms. The van der Waals surface area contributed by atoms with Crippen LogP contribution in [-0.2, 0) is 14.8 Å². The molecule has 1 amide bonds. The van der Waals surface area contributed by atoms with Crippen LogP contribution in [0.15, 0.2) is 77.7 Å². The molecule has 0 unspecified atom stereocenters. The molecule has 0 bridgehead atoms. The van der Waals surface area contributed by atoms with E-state index in [0.29, 0.717) is 31.2 Å². The van der Waals surface area contributed by atoms with Gasteiger partial charge < -0.3 is 9.80 Å². The summed E-state index contributed by atoms with van der Waals surface area (Å²) in [6.07, 6.45) is 0. The second-order valence-corrected chi connectivity index (χ2v) is 10.8. The lowest BCUT2D eigenvalue weighted by Gasteiger charge is -2.37. The molecule has 0 saturated carbocycles. The topological polar surface area (TPSA) is 60.9 Å². The van der Waals surface area contributed by atoms with E-state index >= 15 is 0 Å². The summed E-state index contributed by atoms with van der Waals surface area (Å²) in [5.74, 6) is -0.269. The summed E-state index contributed by atoms with van der Waals surface area (Å²) in [7, 11) is -4.01. The molecule has 178 valence electrons. The fraction of sp³-hybridized carbons (Fsp3) is 0.240. The van der Waals surface area contributed by atoms with E-state index in [-0.39, 0.29) is 28.1 Å². The number of aryl methyl sites for hydroxylation is 1. The zero-order chi connectivity index (χ0) is 24.3. The minimum atomic E-state index is -4.01. The van der Waals surface area contributed by atoms with Crippen molar-refractivity contribution in [3.8, 4) is 0 Å². The number of sulfonamides is 1. The third-order valence-electron chi connectivity index (χ3n) is 5.83. The molecule has 1 saturated heterocycles. The van der Waals surface area contributed by atoms with Crippen molar-refractivity contribution >= 4 is 50.5 Å². The highest BCUT2D eigenvalue weighted by Crippen LogP contribution is 2.31. The van der Waals surface area contributed by atoms with Crippen LogP contribution < -0.4 is 9.21 Å². The lowest BCUT2D eigenvalue weighted by Crippen LogP contribution is -2.52. The van der Waals surface area contributed by atoms with Crippen LogP contribution in [0.25, 0.3) is 0 Å². The van der Waals surface area contributed by atoms with Crippen LogP contribution in [0.5, 0.6) is 0 Å². The molecule has 4 rings (SSSR count). The van der Waals surface area contributed by atoms with Gasteiger partial charge in [-0.25, -0.2) is 8.42 Å². The van der Waals surface area contributed by atoms with Crippen molar-refractivity contribution < 1.29 is 13.2 Å². The zero-order valence-corrected chi connectivity index (χ0v) is 21.0. The molecule has 1 heterocycles. The zero-order valence-electron chi connectivity index (χ0n) is 18.7. The Hall–Kier alpha value is -2.74. The van der Waals surface area contributed by atoms with Crippen LogP contribution in [0, 0.1) is 6.92 Å². The number of carbonyl (C=O) groups is 1. The molecule has 34 heavy (non-hydrogen) atoms.